The maximum atomic E-state index is 12.7. The van der Waals surface area contributed by atoms with E-state index in [0.717, 1.165) is 0 Å². The monoisotopic (exact) mass is 388 g/mol. The molecule has 2 aromatic heterocycles. The minimum Gasteiger partial charge on any atom is -0.459 e. The van der Waals surface area contributed by atoms with Crippen LogP contribution in [-0.2, 0) is 4.79 Å². The van der Waals surface area contributed by atoms with Gasteiger partial charge in [0.1, 0.15) is 0 Å². The van der Waals surface area contributed by atoms with E-state index >= 15 is 0 Å². The second kappa shape index (κ2) is 7.22. The Labute approximate surface area is 160 Å². The topological polar surface area (TPSA) is 88.7 Å². The Morgan fingerprint density at radius 3 is 2.70 bits per heavy atom. The summed E-state index contributed by atoms with van der Waals surface area (Å²) in [6.07, 6.45) is 1.75. The van der Waals surface area contributed by atoms with E-state index in [1.54, 1.807) is 33.4 Å². The SMILES string of the molecule is Cc1cc(=O)n2c(n1)SC[C@H]2CC(=O)N1CCN(C(=O)c2ccco2)CC1. The molecule has 2 aliphatic heterocycles. The maximum absolute atomic E-state index is 12.7. The number of piperazine rings is 1. The van der Waals surface area contributed by atoms with Crippen LogP contribution in [-0.4, -0.2) is 63.1 Å². The average Bonchev–Trinajstić information content (AvgIpc) is 3.31. The molecule has 2 aliphatic rings. The predicted octanol–water partition coefficient (Wildman–Crippen LogP) is 1.17. The highest BCUT2D eigenvalue weighted by Gasteiger charge is 2.31. The largest absolute Gasteiger partial charge is 0.459 e. The molecule has 0 N–H and O–H groups in total. The van der Waals surface area contributed by atoms with Crippen LogP contribution in [0.4, 0.5) is 0 Å². The summed E-state index contributed by atoms with van der Waals surface area (Å²) < 4.78 is 6.78. The van der Waals surface area contributed by atoms with Gasteiger partial charge in [0.25, 0.3) is 11.5 Å². The van der Waals surface area contributed by atoms with E-state index in [1.165, 1.54) is 24.1 Å². The lowest BCUT2D eigenvalue weighted by Crippen LogP contribution is -2.51. The number of aryl methyl sites for hydroxylation is 1. The number of rotatable bonds is 3. The Bertz CT molecular complexity index is 916. The van der Waals surface area contributed by atoms with Gasteiger partial charge in [-0.15, -0.1) is 0 Å². The molecule has 0 bridgehead atoms. The molecule has 0 aromatic carbocycles. The number of amides is 2. The van der Waals surface area contributed by atoms with E-state index in [0.29, 0.717) is 48.5 Å². The summed E-state index contributed by atoms with van der Waals surface area (Å²) in [5, 5.41) is 0.687. The summed E-state index contributed by atoms with van der Waals surface area (Å²) in [6, 6.07) is 4.66. The van der Waals surface area contributed by atoms with Crippen LogP contribution in [0, 0.1) is 6.92 Å². The highest BCUT2D eigenvalue weighted by Crippen LogP contribution is 2.32. The summed E-state index contributed by atoms with van der Waals surface area (Å²) in [4.78, 5) is 45.1. The van der Waals surface area contributed by atoms with E-state index in [9.17, 15) is 14.4 Å². The summed E-state index contributed by atoms with van der Waals surface area (Å²) in [5.74, 6) is 0.845. The molecule has 2 aromatic rings. The van der Waals surface area contributed by atoms with Crippen molar-refractivity contribution in [3.63, 3.8) is 0 Å². The van der Waals surface area contributed by atoms with Gasteiger partial charge in [-0.3, -0.25) is 19.0 Å². The van der Waals surface area contributed by atoms with Crippen molar-refractivity contribution >= 4 is 23.6 Å². The number of carbonyl (C=O) groups is 2. The molecule has 2 amide bonds. The predicted molar refractivity (Wildman–Crippen MR) is 98.8 cm³/mol. The van der Waals surface area contributed by atoms with Gasteiger partial charge < -0.3 is 14.2 Å². The molecule has 4 heterocycles. The minimum absolute atomic E-state index is 0.00558. The van der Waals surface area contributed by atoms with Gasteiger partial charge in [0.05, 0.1) is 12.3 Å². The van der Waals surface area contributed by atoms with Crippen molar-refractivity contribution in [2.75, 3.05) is 31.9 Å². The summed E-state index contributed by atoms with van der Waals surface area (Å²) in [7, 11) is 0. The Morgan fingerprint density at radius 2 is 2.00 bits per heavy atom. The number of nitrogens with zero attached hydrogens (tertiary/aromatic N) is 4. The molecule has 0 aliphatic carbocycles. The van der Waals surface area contributed by atoms with Gasteiger partial charge in [-0.1, -0.05) is 11.8 Å². The molecule has 8 nitrogen and oxygen atoms in total. The van der Waals surface area contributed by atoms with Gasteiger partial charge in [0.2, 0.25) is 5.91 Å². The zero-order chi connectivity index (χ0) is 19.0. The molecule has 0 saturated carbocycles. The van der Waals surface area contributed by atoms with E-state index in [-0.39, 0.29) is 29.8 Å². The lowest BCUT2D eigenvalue weighted by atomic mass is 10.2. The zero-order valence-corrected chi connectivity index (χ0v) is 15.8. The molecule has 4 rings (SSSR count). The van der Waals surface area contributed by atoms with Crippen LogP contribution in [0.15, 0.2) is 38.8 Å². The molecular weight excluding hydrogens is 368 g/mol. The van der Waals surface area contributed by atoms with E-state index in [2.05, 4.69) is 4.98 Å². The molecule has 0 unspecified atom stereocenters. The van der Waals surface area contributed by atoms with Crippen molar-refractivity contribution in [2.24, 2.45) is 0 Å². The standard InChI is InChI=1S/C18H20N4O4S/c1-12-9-16(24)22-13(11-27-18(22)19-12)10-15(23)20-4-6-21(7-5-20)17(25)14-3-2-8-26-14/h2-3,8-9,13H,4-7,10-11H2,1H3/t13-/m1/s1. The van der Waals surface area contributed by atoms with E-state index < -0.39 is 0 Å². The second-order valence-corrected chi connectivity index (χ2v) is 7.69. The normalized spacial score (nSPS) is 19.2. The molecule has 0 radical (unpaired) electrons. The molecule has 9 heteroatoms. The van der Waals surface area contributed by atoms with Gasteiger partial charge in [-0.2, -0.15) is 0 Å². The molecule has 0 spiro atoms. The van der Waals surface area contributed by atoms with Crippen LogP contribution in [0.3, 0.4) is 0 Å². The van der Waals surface area contributed by atoms with Crippen molar-refractivity contribution in [1.29, 1.82) is 0 Å². The number of thioether (sulfide) groups is 1. The van der Waals surface area contributed by atoms with Crippen molar-refractivity contribution in [3.8, 4) is 0 Å². The highest BCUT2D eigenvalue weighted by molar-refractivity contribution is 7.99. The van der Waals surface area contributed by atoms with Crippen molar-refractivity contribution in [1.82, 2.24) is 19.4 Å². The molecule has 1 fully saturated rings. The van der Waals surface area contributed by atoms with Crippen LogP contribution in [0.5, 0.6) is 0 Å². The Morgan fingerprint density at radius 1 is 1.26 bits per heavy atom. The number of hydrogen-bond acceptors (Lipinski definition) is 6. The van der Waals surface area contributed by atoms with Crippen LogP contribution in [0.25, 0.3) is 0 Å². The lowest BCUT2D eigenvalue weighted by molar-refractivity contribution is -0.133. The third kappa shape index (κ3) is 3.51. The van der Waals surface area contributed by atoms with Gasteiger partial charge >= 0.3 is 0 Å². The van der Waals surface area contributed by atoms with Crippen molar-refractivity contribution < 1.29 is 14.0 Å². The van der Waals surface area contributed by atoms with Gasteiger partial charge in [0.15, 0.2) is 10.9 Å². The summed E-state index contributed by atoms with van der Waals surface area (Å²) in [6.45, 7) is 3.72. The van der Waals surface area contributed by atoms with E-state index in [1.807, 2.05) is 0 Å². The Kier molecular flexibility index (Phi) is 4.77. The molecule has 1 atom stereocenters. The molecule has 27 heavy (non-hydrogen) atoms. The summed E-state index contributed by atoms with van der Waals surface area (Å²) in [5.41, 5.74) is 0.595. The molecule has 142 valence electrons. The van der Waals surface area contributed by atoms with Gasteiger partial charge in [0, 0.05) is 50.1 Å². The summed E-state index contributed by atoms with van der Waals surface area (Å²) >= 11 is 1.51. The van der Waals surface area contributed by atoms with Crippen LogP contribution in [0.2, 0.25) is 0 Å². The highest BCUT2D eigenvalue weighted by atomic mass is 32.2. The molecular formula is C18H20N4O4S. The van der Waals surface area contributed by atoms with Crippen molar-refractivity contribution in [2.45, 2.75) is 24.5 Å². The number of aromatic nitrogens is 2. The first-order valence-corrected chi connectivity index (χ1v) is 9.85. The van der Waals surface area contributed by atoms with Crippen molar-refractivity contribution in [3.05, 3.63) is 46.3 Å². The smallest absolute Gasteiger partial charge is 0.289 e. The van der Waals surface area contributed by atoms with Crippen LogP contribution in [0.1, 0.15) is 28.7 Å². The maximum Gasteiger partial charge on any atom is 0.289 e. The number of hydrogen-bond donors (Lipinski definition) is 0. The first-order chi connectivity index (χ1) is 13.0. The fourth-order valence-corrected chi connectivity index (χ4v) is 4.65. The Balaban J connectivity index is 1.36. The minimum atomic E-state index is -0.166. The fraction of sp³-hybridized carbons (Fsp3) is 0.444. The number of carbonyl (C=O) groups excluding carboxylic acids is 2. The fourth-order valence-electron chi connectivity index (χ4n) is 3.46. The van der Waals surface area contributed by atoms with Gasteiger partial charge in [-0.05, 0) is 19.1 Å². The van der Waals surface area contributed by atoms with E-state index in [4.69, 9.17) is 4.42 Å². The first-order valence-electron chi connectivity index (χ1n) is 8.86. The lowest BCUT2D eigenvalue weighted by Gasteiger charge is -2.34. The van der Waals surface area contributed by atoms with Crippen LogP contribution < -0.4 is 5.56 Å². The Hall–Kier alpha value is -2.55. The third-order valence-electron chi connectivity index (χ3n) is 4.88. The number of furan rings is 1. The quantitative estimate of drug-likeness (QED) is 0.734. The average molecular weight is 388 g/mol. The van der Waals surface area contributed by atoms with Crippen LogP contribution >= 0.6 is 11.8 Å². The molecule has 1 saturated heterocycles. The number of fused-ring (bicyclic) bond motifs is 1. The second-order valence-electron chi connectivity index (χ2n) is 6.71. The first kappa shape index (κ1) is 17.8. The van der Waals surface area contributed by atoms with Gasteiger partial charge in [-0.25, -0.2) is 4.98 Å². The third-order valence-corrected chi connectivity index (χ3v) is 5.98. The zero-order valence-electron chi connectivity index (χ0n) is 15.0.